The Morgan fingerprint density at radius 2 is 2.18 bits per heavy atom. The fraction of sp³-hybridized carbons (Fsp3) is 0.214. The molecule has 116 valence electrons. The molecule has 0 spiro atoms. The monoisotopic (exact) mass is 324 g/mol. The molecular formula is C14H13ClN2O5. The van der Waals surface area contributed by atoms with Gasteiger partial charge in [-0.25, -0.2) is 0 Å². The van der Waals surface area contributed by atoms with Crippen LogP contribution in [0.1, 0.15) is 28.0 Å². The van der Waals surface area contributed by atoms with Crippen LogP contribution in [-0.4, -0.2) is 22.5 Å². The second-order valence-electron chi connectivity index (χ2n) is 4.60. The number of rotatable bonds is 5. The van der Waals surface area contributed by atoms with Gasteiger partial charge in [0.05, 0.1) is 22.1 Å². The number of carbonyl (C=O) groups excluding carboxylic acids is 1. The molecule has 1 atom stereocenters. The van der Waals surface area contributed by atoms with Crippen LogP contribution in [-0.2, 0) is 0 Å². The number of nitrogens with zero attached hydrogens (tertiary/aromatic N) is 1. The van der Waals surface area contributed by atoms with Crippen LogP contribution in [0, 0.1) is 17.0 Å². The summed E-state index contributed by atoms with van der Waals surface area (Å²) in [5, 5.41) is 23.2. The zero-order chi connectivity index (χ0) is 16.3. The minimum atomic E-state index is -1.02. The van der Waals surface area contributed by atoms with E-state index in [9.17, 15) is 20.0 Å². The lowest BCUT2D eigenvalue weighted by atomic mass is 10.2. The molecule has 0 saturated heterocycles. The number of non-ortho nitro benzene ring substituents is 1. The van der Waals surface area contributed by atoms with Gasteiger partial charge < -0.3 is 14.8 Å². The smallest absolute Gasteiger partial charge is 0.270 e. The van der Waals surface area contributed by atoms with E-state index in [1.807, 2.05) is 0 Å². The highest BCUT2D eigenvalue weighted by Crippen LogP contribution is 2.22. The van der Waals surface area contributed by atoms with E-state index in [4.69, 9.17) is 16.0 Å². The summed E-state index contributed by atoms with van der Waals surface area (Å²) in [6, 6.07) is 6.87. The van der Waals surface area contributed by atoms with Gasteiger partial charge in [-0.05, 0) is 25.1 Å². The van der Waals surface area contributed by atoms with Gasteiger partial charge in [-0.3, -0.25) is 14.9 Å². The predicted molar refractivity (Wildman–Crippen MR) is 78.8 cm³/mol. The minimum absolute atomic E-state index is 0.0290. The number of nitro groups is 1. The molecule has 0 fully saturated rings. The lowest BCUT2D eigenvalue weighted by molar-refractivity contribution is -0.384. The molecule has 7 nitrogen and oxygen atoms in total. The molecular weight excluding hydrogens is 312 g/mol. The lowest BCUT2D eigenvalue weighted by Crippen LogP contribution is -2.28. The van der Waals surface area contributed by atoms with Crippen LogP contribution in [0.4, 0.5) is 5.69 Å². The Kier molecular flexibility index (Phi) is 4.79. The van der Waals surface area contributed by atoms with Gasteiger partial charge in [0.15, 0.2) is 0 Å². The van der Waals surface area contributed by atoms with E-state index in [1.165, 1.54) is 12.1 Å². The van der Waals surface area contributed by atoms with E-state index < -0.39 is 16.9 Å². The van der Waals surface area contributed by atoms with E-state index in [0.717, 1.165) is 6.07 Å². The number of nitro benzene ring substituents is 1. The van der Waals surface area contributed by atoms with E-state index in [0.29, 0.717) is 11.5 Å². The van der Waals surface area contributed by atoms with Gasteiger partial charge in [0.2, 0.25) is 0 Å². The van der Waals surface area contributed by atoms with Gasteiger partial charge in [0.1, 0.15) is 17.6 Å². The fourth-order valence-corrected chi connectivity index (χ4v) is 2.02. The first kappa shape index (κ1) is 16.0. The SMILES string of the molecule is Cc1ccc(C(O)CNC(=O)c2cc([N+](=O)[O-])ccc2Cl)o1. The number of benzene rings is 1. The van der Waals surface area contributed by atoms with E-state index in [-0.39, 0.29) is 22.8 Å². The summed E-state index contributed by atoms with van der Waals surface area (Å²) in [6.07, 6.45) is -1.02. The molecule has 2 rings (SSSR count). The maximum absolute atomic E-state index is 12.0. The van der Waals surface area contributed by atoms with Gasteiger partial charge in [0.25, 0.3) is 11.6 Å². The number of nitrogens with one attached hydrogen (secondary N) is 1. The second kappa shape index (κ2) is 6.59. The van der Waals surface area contributed by atoms with Crippen LogP contribution >= 0.6 is 11.6 Å². The first-order chi connectivity index (χ1) is 10.4. The van der Waals surface area contributed by atoms with Crippen molar-refractivity contribution < 1.29 is 19.2 Å². The van der Waals surface area contributed by atoms with Crippen LogP contribution in [0.2, 0.25) is 5.02 Å². The van der Waals surface area contributed by atoms with Gasteiger partial charge >= 0.3 is 0 Å². The summed E-state index contributed by atoms with van der Waals surface area (Å²) >= 11 is 5.87. The number of aliphatic hydroxyl groups excluding tert-OH is 1. The van der Waals surface area contributed by atoms with Crippen molar-refractivity contribution in [1.29, 1.82) is 0 Å². The molecule has 0 aliphatic rings. The van der Waals surface area contributed by atoms with E-state index in [2.05, 4.69) is 5.32 Å². The van der Waals surface area contributed by atoms with Crippen molar-refractivity contribution in [3.8, 4) is 0 Å². The topological polar surface area (TPSA) is 106 Å². The number of aliphatic hydroxyl groups is 1. The molecule has 1 aromatic heterocycles. The van der Waals surface area contributed by atoms with Crippen molar-refractivity contribution in [2.75, 3.05) is 6.54 Å². The second-order valence-corrected chi connectivity index (χ2v) is 5.00. The molecule has 8 heteroatoms. The lowest BCUT2D eigenvalue weighted by Gasteiger charge is -2.10. The Morgan fingerprint density at radius 1 is 1.45 bits per heavy atom. The molecule has 0 aliphatic carbocycles. The maximum Gasteiger partial charge on any atom is 0.270 e. The number of hydrogen-bond acceptors (Lipinski definition) is 5. The average Bonchev–Trinajstić information content (AvgIpc) is 2.91. The Balaban J connectivity index is 2.06. The third kappa shape index (κ3) is 3.63. The highest BCUT2D eigenvalue weighted by Gasteiger charge is 2.18. The van der Waals surface area contributed by atoms with Crippen LogP contribution in [0.5, 0.6) is 0 Å². The Labute approximate surface area is 130 Å². The first-order valence-corrected chi connectivity index (χ1v) is 6.73. The van der Waals surface area contributed by atoms with Crippen molar-refractivity contribution in [1.82, 2.24) is 5.32 Å². The van der Waals surface area contributed by atoms with Gasteiger partial charge in [-0.1, -0.05) is 11.6 Å². The van der Waals surface area contributed by atoms with Crippen molar-refractivity contribution in [3.63, 3.8) is 0 Å². The molecule has 2 aromatic rings. The Bertz CT molecular complexity index is 713. The molecule has 22 heavy (non-hydrogen) atoms. The zero-order valence-corrected chi connectivity index (χ0v) is 12.3. The van der Waals surface area contributed by atoms with Crippen molar-refractivity contribution in [2.24, 2.45) is 0 Å². The number of halogens is 1. The first-order valence-electron chi connectivity index (χ1n) is 6.35. The van der Waals surface area contributed by atoms with Crippen LogP contribution in [0.25, 0.3) is 0 Å². The largest absolute Gasteiger partial charge is 0.464 e. The molecule has 1 amide bonds. The summed E-state index contributed by atoms with van der Waals surface area (Å²) in [6.45, 7) is 1.63. The molecule has 0 bridgehead atoms. The van der Waals surface area contributed by atoms with E-state index >= 15 is 0 Å². The fourth-order valence-electron chi connectivity index (χ4n) is 1.82. The van der Waals surface area contributed by atoms with Crippen LogP contribution in [0.15, 0.2) is 34.7 Å². The Hall–Kier alpha value is -2.38. The summed E-state index contributed by atoms with van der Waals surface area (Å²) in [5.41, 5.74) is -0.268. The van der Waals surface area contributed by atoms with Crippen LogP contribution in [0.3, 0.4) is 0 Å². The van der Waals surface area contributed by atoms with E-state index in [1.54, 1.807) is 19.1 Å². The third-order valence-corrected chi connectivity index (χ3v) is 3.28. The van der Waals surface area contributed by atoms with Crippen molar-refractivity contribution >= 4 is 23.2 Å². The summed E-state index contributed by atoms with van der Waals surface area (Å²) in [4.78, 5) is 22.1. The average molecular weight is 325 g/mol. The molecule has 1 aromatic carbocycles. The Morgan fingerprint density at radius 3 is 2.77 bits per heavy atom. The zero-order valence-electron chi connectivity index (χ0n) is 11.6. The standard InChI is InChI=1S/C14H13ClN2O5/c1-8-2-5-13(22-8)12(18)7-16-14(19)10-6-9(17(20)21)3-4-11(10)15/h2-6,12,18H,7H2,1H3,(H,16,19). The van der Waals surface area contributed by atoms with Gasteiger partial charge in [-0.15, -0.1) is 0 Å². The number of carbonyl (C=O) groups is 1. The number of aryl methyl sites for hydroxylation is 1. The molecule has 1 unspecified atom stereocenters. The molecule has 0 radical (unpaired) electrons. The molecule has 0 saturated carbocycles. The summed E-state index contributed by atoms with van der Waals surface area (Å²) in [5.74, 6) is 0.348. The van der Waals surface area contributed by atoms with Gasteiger partial charge in [-0.2, -0.15) is 0 Å². The number of furan rings is 1. The highest BCUT2D eigenvalue weighted by molar-refractivity contribution is 6.33. The highest BCUT2D eigenvalue weighted by atomic mass is 35.5. The minimum Gasteiger partial charge on any atom is -0.464 e. The maximum atomic E-state index is 12.0. The molecule has 0 aliphatic heterocycles. The van der Waals surface area contributed by atoms with Gasteiger partial charge in [0, 0.05) is 12.1 Å². The van der Waals surface area contributed by atoms with Crippen molar-refractivity contribution in [2.45, 2.75) is 13.0 Å². The molecule has 1 heterocycles. The third-order valence-electron chi connectivity index (χ3n) is 2.95. The quantitative estimate of drug-likeness (QED) is 0.649. The summed E-state index contributed by atoms with van der Waals surface area (Å²) in [7, 11) is 0. The number of hydrogen-bond donors (Lipinski definition) is 2. The van der Waals surface area contributed by atoms with Crippen molar-refractivity contribution in [3.05, 3.63) is 62.6 Å². The number of amides is 1. The normalized spacial score (nSPS) is 12.0. The van der Waals surface area contributed by atoms with Crippen LogP contribution < -0.4 is 5.32 Å². The molecule has 2 N–H and O–H groups in total. The summed E-state index contributed by atoms with van der Waals surface area (Å²) < 4.78 is 5.24. The predicted octanol–water partition coefficient (Wildman–Crippen LogP) is 2.61.